The molecule has 0 aliphatic rings. The molecule has 0 radical (unpaired) electrons. The van der Waals surface area contributed by atoms with E-state index >= 15 is 0 Å². The van der Waals surface area contributed by atoms with E-state index in [9.17, 15) is 0 Å². The normalized spacial score (nSPS) is 10.7. The van der Waals surface area contributed by atoms with Crippen molar-refractivity contribution in [2.75, 3.05) is 0 Å². The van der Waals surface area contributed by atoms with Crippen LogP contribution in [0.4, 0.5) is 0 Å². The van der Waals surface area contributed by atoms with E-state index in [1.807, 2.05) is 13.8 Å². The van der Waals surface area contributed by atoms with Crippen LogP contribution in [0.25, 0.3) is 5.65 Å². The van der Waals surface area contributed by atoms with Crippen molar-refractivity contribution in [1.29, 1.82) is 0 Å². The van der Waals surface area contributed by atoms with Gasteiger partial charge in [-0.05, 0) is 13.8 Å². The summed E-state index contributed by atoms with van der Waals surface area (Å²) in [5.74, 6) is 0.779. The van der Waals surface area contributed by atoms with Crippen LogP contribution in [-0.2, 0) is 0 Å². The largest absolute Gasteiger partial charge is 0.256 e. The molecule has 0 bridgehead atoms. The molecule has 4 nitrogen and oxygen atoms in total. The summed E-state index contributed by atoms with van der Waals surface area (Å²) in [7, 11) is 0. The fourth-order valence-electron chi connectivity index (χ4n) is 1.05. The van der Waals surface area contributed by atoms with Crippen molar-refractivity contribution < 1.29 is 0 Å². The number of hydrogen-bond donors (Lipinski definition) is 0. The molecule has 2 aromatic heterocycles. The van der Waals surface area contributed by atoms with Crippen molar-refractivity contribution in [3.05, 3.63) is 23.9 Å². The van der Waals surface area contributed by atoms with Crippen LogP contribution in [-0.4, -0.2) is 19.6 Å². The van der Waals surface area contributed by atoms with E-state index in [1.165, 1.54) is 0 Å². The smallest absolute Gasteiger partial charge is 0.176 e. The molecule has 0 aliphatic carbocycles. The first kappa shape index (κ1) is 6.27. The molecule has 2 aromatic rings. The standard InChI is InChI=1S/C7H8N4/c1-5-7-9-6(2)10-11(7)4-3-8-5/h3-4H,1-2H3. The summed E-state index contributed by atoms with van der Waals surface area (Å²) in [4.78, 5) is 8.30. The van der Waals surface area contributed by atoms with Gasteiger partial charge in [0, 0.05) is 12.4 Å². The van der Waals surface area contributed by atoms with Crippen LogP contribution in [0.5, 0.6) is 0 Å². The molecule has 4 heteroatoms. The predicted octanol–water partition coefficient (Wildman–Crippen LogP) is 0.741. The van der Waals surface area contributed by atoms with Gasteiger partial charge in [0.05, 0.1) is 5.69 Å². The number of hydrogen-bond acceptors (Lipinski definition) is 3. The van der Waals surface area contributed by atoms with Crippen molar-refractivity contribution in [3.8, 4) is 0 Å². The number of aryl methyl sites for hydroxylation is 2. The number of nitrogens with zero attached hydrogens (tertiary/aromatic N) is 4. The second kappa shape index (κ2) is 2.02. The molecule has 11 heavy (non-hydrogen) atoms. The lowest BCUT2D eigenvalue weighted by Crippen LogP contribution is -1.91. The predicted molar refractivity (Wildman–Crippen MR) is 40.3 cm³/mol. The molecule has 0 spiro atoms. The molecule has 0 amide bonds. The van der Waals surface area contributed by atoms with Crippen molar-refractivity contribution in [3.63, 3.8) is 0 Å². The Labute approximate surface area is 63.9 Å². The molecular formula is C7H8N4. The lowest BCUT2D eigenvalue weighted by atomic mass is 10.5. The summed E-state index contributed by atoms with van der Waals surface area (Å²) in [5.41, 5.74) is 1.75. The first-order valence-corrected chi connectivity index (χ1v) is 3.42. The highest BCUT2D eigenvalue weighted by atomic mass is 15.3. The molecule has 0 N–H and O–H groups in total. The van der Waals surface area contributed by atoms with E-state index < -0.39 is 0 Å². The monoisotopic (exact) mass is 148 g/mol. The minimum atomic E-state index is 0.779. The molecule has 0 saturated heterocycles. The molecule has 2 rings (SSSR count). The summed E-state index contributed by atoms with van der Waals surface area (Å²) in [6, 6.07) is 0. The topological polar surface area (TPSA) is 43.1 Å². The SMILES string of the molecule is Cc1nc2c(C)nccn2n1. The lowest BCUT2D eigenvalue weighted by Gasteiger charge is -1.91. The fourth-order valence-corrected chi connectivity index (χ4v) is 1.05. The average Bonchev–Trinajstić information content (AvgIpc) is 2.31. The van der Waals surface area contributed by atoms with Gasteiger partial charge in [-0.25, -0.2) is 9.50 Å². The van der Waals surface area contributed by atoms with Crippen molar-refractivity contribution in [1.82, 2.24) is 19.6 Å². The second-order valence-electron chi connectivity index (χ2n) is 2.44. The Morgan fingerprint density at radius 2 is 2.18 bits per heavy atom. The number of fused-ring (bicyclic) bond motifs is 1. The van der Waals surface area contributed by atoms with Gasteiger partial charge in [0.25, 0.3) is 0 Å². The third kappa shape index (κ3) is 0.869. The van der Waals surface area contributed by atoms with E-state index in [-0.39, 0.29) is 0 Å². The fraction of sp³-hybridized carbons (Fsp3) is 0.286. The molecule has 0 atom stereocenters. The van der Waals surface area contributed by atoms with Crippen molar-refractivity contribution >= 4 is 5.65 Å². The minimum absolute atomic E-state index is 0.779. The van der Waals surface area contributed by atoms with E-state index in [4.69, 9.17) is 0 Å². The van der Waals surface area contributed by atoms with Crippen molar-refractivity contribution in [2.24, 2.45) is 0 Å². The number of aromatic nitrogens is 4. The first-order chi connectivity index (χ1) is 5.27. The van der Waals surface area contributed by atoms with Crippen LogP contribution in [0.1, 0.15) is 11.5 Å². The van der Waals surface area contributed by atoms with Crippen LogP contribution in [0, 0.1) is 13.8 Å². The Hall–Kier alpha value is -1.45. The molecule has 56 valence electrons. The highest BCUT2D eigenvalue weighted by Gasteiger charge is 2.00. The molecular weight excluding hydrogens is 140 g/mol. The molecule has 2 heterocycles. The van der Waals surface area contributed by atoms with Gasteiger partial charge in [-0.3, -0.25) is 4.98 Å². The first-order valence-electron chi connectivity index (χ1n) is 3.42. The van der Waals surface area contributed by atoms with E-state index in [0.717, 1.165) is 17.2 Å². The van der Waals surface area contributed by atoms with Crippen molar-refractivity contribution in [2.45, 2.75) is 13.8 Å². The zero-order valence-corrected chi connectivity index (χ0v) is 6.44. The average molecular weight is 148 g/mol. The Morgan fingerprint density at radius 1 is 1.36 bits per heavy atom. The molecule has 0 aliphatic heterocycles. The zero-order valence-electron chi connectivity index (χ0n) is 6.44. The van der Waals surface area contributed by atoms with Gasteiger partial charge >= 0.3 is 0 Å². The van der Waals surface area contributed by atoms with Crippen LogP contribution >= 0.6 is 0 Å². The molecule has 0 aromatic carbocycles. The third-order valence-electron chi connectivity index (χ3n) is 1.54. The summed E-state index contributed by atoms with van der Waals surface area (Å²) in [6.45, 7) is 3.79. The van der Waals surface area contributed by atoms with E-state index in [2.05, 4.69) is 15.1 Å². The zero-order chi connectivity index (χ0) is 7.84. The second-order valence-corrected chi connectivity index (χ2v) is 2.44. The number of rotatable bonds is 0. The highest BCUT2D eigenvalue weighted by molar-refractivity contribution is 5.41. The molecule has 0 saturated carbocycles. The summed E-state index contributed by atoms with van der Waals surface area (Å²) in [5, 5.41) is 4.14. The van der Waals surface area contributed by atoms with Crippen LogP contribution in [0.2, 0.25) is 0 Å². The van der Waals surface area contributed by atoms with E-state index in [0.29, 0.717) is 0 Å². The quantitative estimate of drug-likeness (QED) is 0.553. The van der Waals surface area contributed by atoms with Crippen LogP contribution in [0.3, 0.4) is 0 Å². The minimum Gasteiger partial charge on any atom is -0.256 e. The molecule has 0 fully saturated rings. The molecule has 0 unspecified atom stereocenters. The van der Waals surface area contributed by atoms with E-state index in [1.54, 1.807) is 16.9 Å². The van der Waals surface area contributed by atoms with Gasteiger partial charge < -0.3 is 0 Å². The van der Waals surface area contributed by atoms with Gasteiger partial charge in [-0.15, -0.1) is 0 Å². The maximum Gasteiger partial charge on any atom is 0.176 e. The Morgan fingerprint density at radius 3 is 2.91 bits per heavy atom. The van der Waals surface area contributed by atoms with Crippen LogP contribution in [0.15, 0.2) is 12.4 Å². The summed E-state index contributed by atoms with van der Waals surface area (Å²) >= 11 is 0. The Bertz CT molecular complexity index is 390. The van der Waals surface area contributed by atoms with Gasteiger partial charge in [0.2, 0.25) is 0 Å². The van der Waals surface area contributed by atoms with Gasteiger partial charge in [0.15, 0.2) is 5.65 Å². The van der Waals surface area contributed by atoms with Gasteiger partial charge in [0.1, 0.15) is 5.82 Å². The van der Waals surface area contributed by atoms with Gasteiger partial charge in [-0.2, -0.15) is 5.10 Å². The Balaban J connectivity index is 2.90. The summed E-state index contributed by atoms with van der Waals surface area (Å²) < 4.78 is 1.73. The maximum atomic E-state index is 4.20. The summed E-state index contributed by atoms with van der Waals surface area (Å²) in [6.07, 6.45) is 3.51. The third-order valence-corrected chi connectivity index (χ3v) is 1.54. The highest BCUT2D eigenvalue weighted by Crippen LogP contribution is 2.02. The lowest BCUT2D eigenvalue weighted by molar-refractivity contribution is 0.912. The van der Waals surface area contributed by atoms with Gasteiger partial charge in [-0.1, -0.05) is 0 Å². The Kier molecular flexibility index (Phi) is 1.15. The van der Waals surface area contributed by atoms with Crippen LogP contribution < -0.4 is 0 Å². The maximum absolute atomic E-state index is 4.20.